The van der Waals surface area contributed by atoms with Crippen molar-refractivity contribution >= 4 is 49.7 Å². The van der Waals surface area contributed by atoms with E-state index in [2.05, 4.69) is 20.9 Å². The Morgan fingerprint density at radius 1 is 0.976 bits per heavy atom. The number of sulfone groups is 1. The van der Waals surface area contributed by atoms with Crippen LogP contribution in [0.25, 0.3) is 10.8 Å². The van der Waals surface area contributed by atoms with Crippen molar-refractivity contribution in [3.05, 3.63) is 90.1 Å². The summed E-state index contributed by atoms with van der Waals surface area (Å²) in [6, 6.07) is 21.5. The molecule has 5 N–H and O–H groups in total. The van der Waals surface area contributed by atoms with Gasteiger partial charge >= 0.3 is 6.03 Å². The van der Waals surface area contributed by atoms with Crippen molar-refractivity contribution in [1.82, 2.24) is 15.2 Å². The Morgan fingerprint density at radius 2 is 1.73 bits per heavy atom. The number of nitrogens with two attached hydrogens (primary N) is 1. The third-order valence-corrected chi connectivity index (χ3v) is 8.51. The maximum absolute atomic E-state index is 12.8. The molecule has 0 radical (unpaired) electrons. The van der Waals surface area contributed by atoms with Crippen LogP contribution in [0.3, 0.4) is 0 Å². The first kappa shape index (κ1) is 29.3. The van der Waals surface area contributed by atoms with Gasteiger partial charge in [0.2, 0.25) is 5.91 Å². The third kappa shape index (κ3) is 7.73. The maximum Gasteiger partial charge on any atom is 0.321 e. The molecule has 0 unspecified atom stereocenters. The van der Waals surface area contributed by atoms with Gasteiger partial charge in [-0.05, 0) is 65.4 Å². The van der Waals surface area contributed by atoms with E-state index in [0.717, 1.165) is 22.0 Å². The van der Waals surface area contributed by atoms with Gasteiger partial charge in [0.05, 0.1) is 17.2 Å². The van der Waals surface area contributed by atoms with Crippen LogP contribution in [-0.2, 0) is 27.6 Å². The van der Waals surface area contributed by atoms with Crippen LogP contribution >= 0.6 is 0 Å². The lowest BCUT2D eigenvalue weighted by atomic mass is 10.1. The number of carbonyl (C=O) groups is 2. The molecule has 0 spiro atoms. The minimum absolute atomic E-state index is 0.0232. The summed E-state index contributed by atoms with van der Waals surface area (Å²) < 4.78 is 25.5. The van der Waals surface area contributed by atoms with Gasteiger partial charge in [0, 0.05) is 43.1 Å². The molecule has 4 aromatic rings. The van der Waals surface area contributed by atoms with Gasteiger partial charge in [0.15, 0.2) is 9.84 Å². The topological polar surface area (TPSA) is 147 Å². The molecule has 41 heavy (non-hydrogen) atoms. The second-order valence-electron chi connectivity index (χ2n) is 9.58. The summed E-state index contributed by atoms with van der Waals surface area (Å²) in [4.78, 5) is 31.2. The molecule has 214 valence electrons. The zero-order valence-corrected chi connectivity index (χ0v) is 23.9. The first-order chi connectivity index (χ1) is 19.7. The molecule has 0 aliphatic heterocycles. The van der Waals surface area contributed by atoms with Gasteiger partial charge < -0.3 is 26.6 Å². The van der Waals surface area contributed by atoms with Crippen LogP contribution in [-0.4, -0.2) is 56.1 Å². The molecule has 1 aromatic heterocycles. The van der Waals surface area contributed by atoms with Crippen molar-refractivity contribution in [1.29, 1.82) is 0 Å². The Labute approximate surface area is 239 Å². The van der Waals surface area contributed by atoms with Crippen molar-refractivity contribution in [2.75, 3.05) is 42.3 Å². The van der Waals surface area contributed by atoms with Gasteiger partial charge in [-0.3, -0.25) is 4.79 Å². The van der Waals surface area contributed by atoms with Crippen LogP contribution in [0.1, 0.15) is 18.1 Å². The average Bonchev–Trinajstić information content (AvgIpc) is 2.98. The number of hydrogen-bond acceptors (Lipinski definition) is 7. The highest BCUT2D eigenvalue weighted by molar-refractivity contribution is 7.91. The monoisotopic (exact) mass is 574 g/mol. The second kappa shape index (κ2) is 13.1. The third-order valence-electron chi connectivity index (χ3n) is 6.68. The number of nitrogens with one attached hydrogen (secondary N) is 3. The number of nitrogens with zero attached hydrogens (tertiary/aromatic N) is 2. The molecule has 3 amide bonds. The second-order valence-corrected chi connectivity index (χ2v) is 11.8. The van der Waals surface area contributed by atoms with Crippen molar-refractivity contribution in [3.63, 3.8) is 0 Å². The molecular weight excluding hydrogens is 540 g/mol. The number of nitrogen functional groups attached to an aromatic ring is 1. The lowest BCUT2D eigenvalue weighted by Gasteiger charge is -2.19. The Kier molecular flexibility index (Phi) is 9.41. The van der Waals surface area contributed by atoms with E-state index in [9.17, 15) is 18.0 Å². The van der Waals surface area contributed by atoms with Crippen molar-refractivity contribution < 1.29 is 18.0 Å². The molecule has 1 heterocycles. The Bertz CT molecular complexity index is 1640. The fourth-order valence-electron chi connectivity index (χ4n) is 4.27. The maximum atomic E-state index is 12.8. The molecule has 10 nitrogen and oxygen atoms in total. The van der Waals surface area contributed by atoms with E-state index in [4.69, 9.17) is 5.73 Å². The number of benzene rings is 3. The summed E-state index contributed by atoms with van der Waals surface area (Å²) in [5.74, 6) is 0.0157. The Balaban J connectivity index is 1.39. The SMILES string of the molecule is CCS(=O)(=O)c1ccc(NC(=O)N(C)CCc2ccccc2)cc1CNC(=O)CNc1ccc2c(N)nccc2c1. The summed E-state index contributed by atoms with van der Waals surface area (Å²) in [5.41, 5.74) is 8.57. The van der Waals surface area contributed by atoms with Gasteiger partial charge in [-0.15, -0.1) is 0 Å². The van der Waals surface area contributed by atoms with Gasteiger partial charge in [-0.2, -0.15) is 0 Å². The molecule has 0 aliphatic carbocycles. The fraction of sp³-hybridized carbons (Fsp3) is 0.233. The van der Waals surface area contributed by atoms with E-state index in [0.29, 0.717) is 30.0 Å². The number of amides is 3. The van der Waals surface area contributed by atoms with Gasteiger partial charge in [-0.1, -0.05) is 37.3 Å². The standard InChI is InChI=1S/C30H34N6O4S/c1-3-41(39,40)27-12-10-25(35-30(38)36(2)16-14-21-7-5-4-6-8-21)18-23(27)19-34-28(37)20-33-24-9-11-26-22(17-24)13-15-32-29(26)31/h4-13,15,17-18,33H,3,14,16,19-20H2,1-2H3,(H2,31,32)(H,34,37)(H,35,38). The Hall–Kier alpha value is -4.64. The quantitative estimate of drug-likeness (QED) is 0.211. The van der Waals surface area contributed by atoms with E-state index in [1.54, 1.807) is 37.2 Å². The number of hydrogen-bond donors (Lipinski definition) is 4. The highest BCUT2D eigenvalue weighted by Crippen LogP contribution is 2.23. The number of urea groups is 1. The molecule has 0 fully saturated rings. The molecule has 3 aromatic carbocycles. The smallest absolute Gasteiger partial charge is 0.321 e. The summed E-state index contributed by atoms with van der Waals surface area (Å²) >= 11 is 0. The summed E-state index contributed by atoms with van der Waals surface area (Å²) in [5, 5.41) is 10.4. The van der Waals surface area contributed by atoms with Crippen molar-refractivity contribution in [2.24, 2.45) is 0 Å². The van der Waals surface area contributed by atoms with Crippen LogP contribution < -0.4 is 21.7 Å². The lowest BCUT2D eigenvalue weighted by molar-refractivity contribution is -0.119. The zero-order chi connectivity index (χ0) is 29.4. The van der Waals surface area contributed by atoms with Gasteiger partial charge in [0.25, 0.3) is 0 Å². The lowest BCUT2D eigenvalue weighted by Crippen LogP contribution is -2.33. The van der Waals surface area contributed by atoms with E-state index >= 15 is 0 Å². The van der Waals surface area contributed by atoms with Crippen LogP contribution in [0, 0.1) is 0 Å². The summed E-state index contributed by atoms with van der Waals surface area (Å²) in [6.45, 7) is 2.02. The number of anilines is 3. The number of likely N-dealkylation sites (N-methyl/N-ethyl adjacent to an activating group) is 1. The minimum atomic E-state index is -3.56. The molecule has 11 heteroatoms. The predicted molar refractivity (Wildman–Crippen MR) is 162 cm³/mol. The minimum Gasteiger partial charge on any atom is -0.383 e. The number of carbonyl (C=O) groups excluding carboxylic acids is 2. The van der Waals surface area contributed by atoms with E-state index in [1.165, 1.54) is 6.07 Å². The molecule has 0 bridgehead atoms. The molecule has 4 rings (SSSR count). The van der Waals surface area contributed by atoms with Gasteiger partial charge in [-0.25, -0.2) is 18.2 Å². The van der Waals surface area contributed by atoms with E-state index in [1.807, 2.05) is 54.6 Å². The van der Waals surface area contributed by atoms with Crippen molar-refractivity contribution in [3.8, 4) is 0 Å². The molecule has 0 saturated heterocycles. The van der Waals surface area contributed by atoms with Crippen LogP contribution in [0.4, 0.5) is 22.0 Å². The van der Waals surface area contributed by atoms with Crippen molar-refractivity contribution in [2.45, 2.75) is 24.8 Å². The first-order valence-electron chi connectivity index (χ1n) is 13.2. The molecular formula is C30H34N6O4S. The van der Waals surface area contributed by atoms with E-state index < -0.39 is 9.84 Å². The highest BCUT2D eigenvalue weighted by Gasteiger charge is 2.19. The molecule has 0 saturated carbocycles. The number of pyridine rings is 1. The predicted octanol–water partition coefficient (Wildman–Crippen LogP) is 4.05. The summed E-state index contributed by atoms with van der Waals surface area (Å²) in [7, 11) is -1.86. The average molecular weight is 575 g/mol. The first-order valence-corrected chi connectivity index (χ1v) is 14.9. The number of fused-ring (bicyclic) bond motifs is 1. The largest absolute Gasteiger partial charge is 0.383 e. The molecule has 0 aliphatic rings. The Morgan fingerprint density at radius 3 is 2.49 bits per heavy atom. The van der Waals surface area contributed by atoms with Crippen LogP contribution in [0.5, 0.6) is 0 Å². The van der Waals surface area contributed by atoms with Crippen LogP contribution in [0.2, 0.25) is 0 Å². The van der Waals surface area contributed by atoms with E-state index in [-0.39, 0.29) is 35.7 Å². The molecule has 0 atom stereocenters. The summed E-state index contributed by atoms with van der Waals surface area (Å²) in [6.07, 6.45) is 2.32. The normalized spacial score (nSPS) is 11.2. The highest BCUT2D eigenvalue weighted by atomic mass is 32.2. The van der Waals surface area contributed by atoms with Crippen LogP contribution in [0.15, 0.2) is 83.9 Å². The zero-order valence-electron chi connectivity index (χ0n) is 23.1. The number of aromatic nitrogens is 1. The van der Waals surface area contributed by atoms with Gasteiger partial charge in [0.1, 0.15) is 5.82 Å². The number of rotatable bonds is 11. The fourth-order valence-corrected chi connectivity index (χ4v) is 5.38.